The minimum atomic E-state index is 0.0604. The van der Waals surface area contributed by atoms with Gasteiger partial charge in [-0.3, -0.25) is 4.79 Å². The summed E-state index contributed by atoms with van der Waals surface area (Å²) in [6.45, 7) is 0.809. The largest absolute Gasteiger partial charge is 0.374 e. The Bertz CT molecular complexity index is 328. The standard InChI is InChI=1S/C17H28O2S/c18-16(14-6-4-2-1-3-5-7-14)15-8-10-19-17(12-15)9-11-20-13-17/h14-15H,1-13H2. The smallest absolute Gasteiger partial charge is 0.139 e. The first-order valence-corrected chi connectivity index (χ1v) is 9.70. The quantitative estimate of drug-likeness (QED) is 0.763. The Hall–Kier alpha value is -0.0200. The van der Waals surface area contributed by atoms with E-state index in [0.717, 1.165) is 44.5 Å². The molecule has 20 heavy (non-hydrogen) atoms. The van der Waals surface area contributed by atoms with Crippen LogP contribution in [0.3, 0.4) is 0 Å². The molecule has 2 unspecified atom stereocenters. The van der Waals surface area contributed by atoms with Gasteiger partial charge in [-0.25, -0.2) is 0 Å². The first-order chi connectivity index (χ1) is 9.79. The summed E-state index contributed by atoms with van der Waals surface area (Å²) in [5.74, 6) is 3.58. The van der Waals surface area contributed by atoms with Crippen LogP contribution in [0, 0.1) is 11.8 Å². The summed E-state index contributed by atoms with van der Waals surface area (Å²) >= 11 is 2.00. The molecule has 0 aromatic heterocycles. The number of Topliss-reactive ketones (excluding diaryl/α,β-unsaturated/α-hetero) is 1. The normalized spacial score (nSPS) is 36.7. The summed E-state index contributed by atoms with van der Waals surface area (Å²) in [7, 11) is 0. The highest BCUT2D eigenvalue weighted by molar-refractivity contribution is 7.99. The van der Waals surface area contributed by atoms with Gasteiger partial charge < -0.3 is 4.74 Å². The van der Waals surface area contributed by atoms with Crippen molar-refractivity contribution in [2.24, 2.45) is 11.8 Å². The van der Waals surface area contributed by atoms with Crippen molar-refractivity contribution in [3.05, 3.63) is 0 Å². The van der Waals surface area contributed by atoms with Crippen molar-refractivity contribution < 1.29 is 9.53 Å². The van der Waals surface area contributed by atoms with Crippen molar-refractivity contribution in [1.82, 2.24) is 0 Å². The first kappa shape index (κ1) is 14.9. The maximum atomic E-state index is 12.9. The van der Waals surface area contributed by atoms with Gasteiger partial charge in [0.1, 0.15) is 5.78 Å². The Morgan fingerprint density at radius 3 is 2.45 bits per heavy atom. The molecule has 3 aliphatic rings. The van der Waals surface area contributed by atoms with Gasteiger partial charge in [0.05, 0.1) is 5.60 Å². The third-order valence-electron chi connectivity index (χ3n) is 5.47. The number of carbonyl (C=O) groups excluding carboxylic acids is 1. The molecule has 3 rings (SSSR count). The van der Waals surface area contributed by atoms with Gasteiger partial charge in [-0.05, 0) is 37.9 Å². The molecule has 2 heterocycles. The molecule has 3 fully saturated rings. The molecule has 0 aromatic carbocycles. The predicted octanol–water partition coefficient (Wildman–Crippen LogP) is 4.22. The van der Waals surface area contributed by atoms with Crippen molar-refractivity contribution in [3.63, 3.8) is 0 Å². The van der Waals surface area contributed by atoms with Crippen LogP contribution in [0.2, 0.25) is 0 Å². The maximum Gasteiger partial charge on any atom is 0.139 e. The zero-order valence-corrected chi connectivity index (χ0v) is 13.4. The Balaban J connectivity index is 1.60. The highest BCUT2D eigenvalue weighted by Gasteiger charge is 2.43. The van der Waals surface area contributed by atoms with E-state index in [0.29, 0.717) is 17.6 Å². The van der Waals surface area contributed by atoms with Gasteiger partial charge in [-0.2, -0.15) is 11.8 Å². The average Bonchev–Trinajstić information content (AvgIpc) is 2.86. The van der Waals surface area contributed by atoms with Gasteiger partial charge in [0.25, 0.3) is 0 Å². The second kappa shape index (κ2) is 6.83. The molecule has 2 nitrogen and oxygen atoms in total. The van der Waals surface area contributed by atoms with Crippen LogP contribution in [0.5, 0.6) is 0 Å². The van der Waals surface area contributed by atoms with Gasteiger partial charge >= 0.3 is 0 Å². The van der Waals surface area contributed by atoms with Crippen LogP contribution < -0.4 is 0 Å². The van der Waals surface area contributed by atoms with Crippen molar-refractivity contribution in [3.8, 4) is 0 Å². The van der Waals surface area contributed by atoms with E-state index in [4.69, 9.17) is 4.74 Å². The molecule has 0 N–H and O–H groups in total. The zero-order chi connectivity index (χ0) is 13.8. The molecule has 1 saturated carbocycles. The van der Waals surface area contributed by atoms with Crippen LogP contribution in [-0.4, -0.2) is 29.5 Å². The Morgan fingerprint density at radius 2 is 1.75 bits per heavy atom. The highest BCUT2D eigenvalue weighted by atomic mass is 32.2. The number of hydrogen-bond donors (Lipinski definition) is 0. The zero-order valence-electron chi connectivity index (χ0n) is 12.6. The van der Waals surface area contributed by atoms with E-state index >= 15 is 0 Å². The molecule has 3 heteroatoms. The van der Waals surface area contributed by atoms with E-state index < -0.39 is 0 Å². The molecule has 0 bridgehead atoms. The predicted molar refractivity (Wildman–Crippen MR) is 84.2 cm³/mol. The van der Waals surface area contributed by atoms with Crippen LogP contribution in [0.15, 0.2) is 0 Å². The van der Waals surface area contributed by atoms with Crippen LogP contribution in [0.4, 0.5) is 0 Å². The minimum Gasteiger partial charge on any atom is -0.374 e. The Morgan fingerprint density at radius 1 is 1.00 bits per heavy atom. The van der Waals surface area contributed by atoms with Crippen molar-refractivity contribution in [1.29, 1.82) is 0 Å². The summed E-state index contributed by atoms with van der Waals surface area (Å²) in [6, 6.07) is 0. The van der Waals surface area contributed by atoms with Crippen LogP contribution in [0.1, 0.15) is 64.2 Å². The van der Waals surface area contributed by atoms with E-state index in [9.17, 15) is 4.79 Å². The molecule has 1 aliphatic carbocycles. The SMILES string of the molecule is O=C(C1CCCCCCC1)C1CCOC2(CCSC2)C1. The third-order valence-corrected chi connectivity index (χ3v) is 6.69. The van der Waals surface area contributed by atoms with Gasteiger partial charge in [0, 0.05) is 24.2 Å². The maximum absolute atomic E-state index is 12.9. The highest BCUT2D eigenvalue weighted by Crippen LogP contribution is 2.42. The summed E-state index contributed by atoms with van der Waals surface area (Å²) in [4.78, 5) is 12.9. The third kappa shape index (κ3) is 3.41. The van der Waals surface area contributed by atoms with Crippen LogP contribution in [-0.2, 0) is 9.53 Å². The van der Waals surface area contributed by atoms with Crippen molar-refractivity contribution >= 4 is 17.5 Å². The van der Waals surface area contributed by atoms with Crippen molar-refractivity contribution in [2.75, 3.05) is 18.1 Å². The van der Waals surface area contributed by atoms with E-state index in [1.165, 1.54) is 37.9 Å². The van der Waals surface area contributed by atoms with Gasteiger partial charge in [0.2, 0.25) is 0 Å². The monoisotopic (exact) mass is 296 g/mol. The summed E-state index contributed by atoms with van der Waals surface area (Å²) in [6.07, 6.45) is 12.0. The minimum absolute atomic E-state index is 0.0604. The summed E-state index contributed by atoms with van der Waals surface area (Å²) in [5.41, 5.74) is 0.0604. The Labute approximate surface area is 127 Å². The number of ketones is 1. The molecule has 0 amide bonds. The number of hydrogen-bond acceptors (Lipinski definition) is 3. The second-order valence-corrected chi connectivity index (χ2v) is 8.07. The lowest BCUT2D eigenvalue weighted by molar-refractivity contribution is -0.138. The van der Waals surface area contributed by atoms with E-state index in [1.807, 2.05) is 11.8 Å². The van der Waals surface area contributed by atoms with Gasteiger partial charge in [0.15, 0.2) is 0 Å². The molecule has 2 atom stereocenters. The fraction of sp³-hybridized carbons (Fsp3) is 0.941. The van der Waals surface area contributed by atoms with Crippen LogP contribution in [0.25, 0.3) is 0 Å². The first-order valence-electron chi connectivity index (χ1n) is 8.55. The number of carbonyl (C=O) groups is 1. The van der Waals surface area contributed by atoms with Gasteiger partial charge in [-0.1, -0.05) is 32.1 Å². The molecule has 0 aromatic rings. The molecule has 1 spiro atoms. The van der Waals surface area contributed by atoms with E-state index in [-0.39, 0.29) is 5.60 Å². The molecular formula is C17H28O2S. The molecule has 2 saturated heterocycles. The Kier molecular flexibility index (Phi) is 5.09. The van der Waals surface area contributed by atoms with Gasteiger partial charge in [-0.15, -0.1) is 0 Å². The average molecular weight is 296 g/mol. The lowest BCUT2D eigenvalue weighted by Gasteiger charge is -2.38. The molecular weight excluding hydrogens is 268 g/mol. The number of rotatable bonds is 2. The second-order valence-electron chi connectivity index (χ2n) is 6.97. The summed E-state index contributed by atoms with van der Waals surface area (Å²) < 4.78 is 6.07. The molecule has 114 valence electrons. The molecule has 0 radical (unpaired) electrons. The lowest BCUT2D eigenvalue weighted by Crippen LogP contribution is -2.43. The van der Waals surface area contributed by atoms with Crippen molar-refractivity contribution in [2.45, 2.75) is 69.8 Å². The summed E-state index contributed by atoms with van der Waals surface area (Å²) in [5, 5.41) is 0. The number of thioether (sulfide) groups is 1. The molecule has 2 aliphatic heterocycles. The fourth-order valence-corrected chi connectivity index (χ4v) is 5.59. The van der Waals surface area contributed by atoms with E-state index in [1.54, 1.807) is 0 Å². The van der Waals surface area contributed by atoms with Crippen LogP contribution >= 0.6 is 11.8 Å². The lowest BCUT2D eigenvalue weighted by atomic mass is 9.76. The number of ether oxygens (including phenoxy) is 1. The fourth-order valence-electron chi connectivity index (χ4n) is 4.21. The topological polar surface area (TPSA) is 26.3 Å². The van der Waals surface area contributed by atoms with E-state index in [2.05, 4.69) is 0 Å².